The third-order valence-electron chi connectivity index (χ3n) is 4.75. The Morgan fingerprint density at radius 3 is 2.20 bits per heavy atom. The average molecular weight is 503 g/mol. The molecule has 0 fully saturated rings. The predicted octanol–water partition coefficient (Wildman–Crippen LogP) is 7.02. The van der Waals surface area contributed by atoms with Crippen LogP contribution < -0.4 is 5.56 Å². The van der Waals surface area contributed by atoms with E-state index in [1.165, 1.54) is 0 Å². The van der Waals surface area contributed by atoms with Gasteiger partial charge in [-0.15, -0.1) is 0 Å². The molecule has 0 atom stereocenters. The first-order valence-electron chi connectivity index (χ1n) is 9.30. The lowest BCUT2D eigenvalue weighted by molar-refractivity contribution is 0.545. The Hall–Kier alpha value is -2.21. The van der Waals surface area contributed by atoms with Crippen LogP contribution in [0.1, 0.15) is 26.6 Å². The summed E-state index contributed by atoms with van der Waals surface area (Å²) in [5.41, 5.74) is 3.12. The molecular weight excluding hydrogens is 485 g/mol. The molecule has 7 heteroatoms. The van der Waals surface area contributed by atoms with Crippen molar-refractivity contribution in [1.29, 1.82) is 0 Å². The third kappa shape index (κ3) is 4.02. The van der Waals surface area contributed by atoms with Crippen molar-refractivity contribution in [3.05, 3.63) is 79.2 Å². The number of aromatic nitrogens is 3. The number of rotatable bonds is 2. The monoisotopic (exact) mass is 501 g/mol. The molecule has 0 amide bonds. The first-order chi connectivity index (χ1) is 14.1. The van der Waals surface area contributed by atoms with Crippen molar-refractivity contribution in [3.63, 3.8) is 0 Å². The average Bonchev–Trinajstić information content (AvgIpc) is 2.67. The summed E-state index contributed by atoms with van der Waals surface area (Å²) >= 11 is 15.8. The zero-order chi connectivity index (χ0) is 21.6. The Morgan fingerprint density at radius 1 is 0.900 bits per heavy atom. The molecule has 0 radical (unpaired) electrons. The van der Waals surface area contributed by atoms with E-state index in [0.717, 1.165) is 21.2 Å². The molecular formula is C23H18BrCl2N3O. The minimum atomic E-state index is -0.315. The number of pyridine rings is 1. The second-order valence-corrected chi connectivity index (χ2v) is 9.78. The van der Waals surface area contributed by atoms with Gasteiger partial charge in [0, 0.05) is 31.1 Å². The summed E-state index contributed by atoms with van der Waals surface area (Å²) in [5.74, 6) is 0.591. The zero-order valence-corrected chi connectivity index (χ0v) is 19.7. The van der Waals surface area contributed by atoms with Gasteiger partial charge in [0.25, 0.3) is 5.56 Å². The number of halogens is 3. The van der Waals surface area contributed by atoms with Crippen molar-refractivity contribution in [2.45, 2.75) is 26.2 Å². The molecule has 30 heavy (non-hydrogen) atoms. The Kier molecular flexibility index (Phi) is 5.47. The van der Waals surface area contributed by atoms with Crippen molar-refractivity contribution in [2.75, 3.05) is 0 Å². The molecule has 0 saturated heterocycles. The number of nitrogens with one attached hydrogen (secondary N) is 1. The summed E-state index contributed by atoms with van der Waals surface area (Å²) in [4.78, 5) is 25.3. The fourth-order valence-corrected chi connectivity index (χ4v) is 4.15. The van der Waals surface area contributed by atoms with Crippen LogP contribution in [0.5, 0.6) is 0 Å². The van der Waals surface area contributed by atoms with Crippen LogP contribution in [0.15, 0.2) is 57.8 Å². The highest BCUT2D eigenvalue weighted by atomic mass is 79.9. The quantitative estimate of drug-likeness (QED) is 0.320. The van der Waals surface area contributed by atoms with E-state index in [4.69, 9.17) is 28.2 Å². The second kappa shape index (κ2) is 7.80. The van der Waals surface area contributed by atoms with Gasteiger partial charge in [-0.1, -0.05) is 78.1 Å². The van der Waals surface area contributed by atoms with Gasteiger partial charge in [-0.05, 0) is 35.9 Å². The Morgan fingerprint density at radius 2 is 1.57 bits per heavy atom. The second-order valence-electron chi connectivity index (χ2n) is 8.05. The van der Waals surface area contributed by atoms with E-state index in [1.54, 1.807) is 0 Å². The summed E-state index contributed by atoms with van der Waals surface area (Å²) in [6, 6.07) is 14.8. The Balaban J connectivity index is 2.08. The van der Waals surface area contributed by atoms with Gasteiger partial charge >= 0.3 is 0 Å². The lowest BCUT2D eigenvalue weighted by atomic mass is 9.95. The van der Waals surface area contributed by atoms with Crippen molar-refractivity contribution >= 4 is 50.2 Å². The number of H-pyrrole nitrogens is 1. The SMILES string of the molecule is CC(C)(C)c1nc2nc(-c3ccc(Cl)cc3Br)c(-c3ccc(Cl)cc3)cc2c(=O)[nH]1. The minimum Gasteiger partial charge on any atom is -0.309 e. The minimum absolute atomic E-state index is 0.214. The molecule has 0 unspecified atom stereocenters. The van der Waals surface area contributed by atoms with Crippen LogP contribution in [-0.4, -0.2) is 15.0 Å². The molecule has 4 rings (SSSR count). The van der Waals surface area contributed by atoms with Gasteiger partial charge in [-0.3, -0.25) is 4.79 Å². The molecule has 152 valence electrons. The maximum atomic E-state index is 12.9. The molecule has 0 aliphatic heterocycles. The number of benzene rings is 2. The predicted molar refractivity (Wildman–Crippen MR) is 127 cm³/mol. The largest absolute Gasteiger partial charge is 0.309 e. The highest BCUT2D eigenvalue weighted by molar-refractivity contribution is 9.10. The van der Waals surface area contributed by atoms with Crippen molar-refractivity contribution < 1.29 is 0 Å². The van der Waals surface area contributed by atoms with Gasteiger partial charge in [-0.25, -0.2) is 9.97 Å². The van der Waals surface area contributed by atoms with Crippen LogP contribution in [-0.2, 0) is 5.41 Å². The zero-order valence-electron chi connectivity index (χ0n) is 16.6. The maximum absolute atomic E-state index is 12.9. The number of nitrogens with zero attached hydrogens (tertiary/aromatic N) is 2. The van der Waals surface area contributed by atoms with Crippen molar-refractivity contribution in [3.8, 4) is 22.4 Å². The Bertz CT molecular complexity index is 1330. The highest BCUT2D eigenvalue weighted by Gasteiger charge is 2.21. The van der Waals surface area contributed by atoms with E-state index in [2.05, 4.69) is 25.9 Å². The molecule has 0 spiro atoms. The van der Waals surface area contributed by atoms with Gasteiger partial charge in [0.15, 0.2) is 5.65 Å². The topological polar surface area (TPSA) is 58.6 Å². The lowest BCUT2D eigenvalue weighted by Gasteiger charge is -2.18. The Labute approximate surface area is 192 Å². The van der Waals surface area contributed by atoms with Crippen molar-refractivity contribution in [1.82, 2.24) is 15.0 Å². The summed E-state index contributed by atoms with van der Waals surface area (Å²) in [5, 5.41) is 1.68. The number of fused-ring (bicyclic) bond motifs is 1. The van der Waals surface area contributed by atoms with Crippen LogP contribution in [0.4, 0.5) is 0 Å². The summed E-state index contributed by atoms with van der Waals surface area (Å²) in [6.07, 6.45) is 0. The number of hydrogen-bond acceptors (Lipinski definition) is 3. The standard InChI is InChI=1S/C23H18BrCl2N3O/c1-23(2,3)22-28-20-17(21(30)29-22)11-16(12-4-6-13(25)7-5-12)19(27-20)15-9-8-14(26)10-18(15)24/h4-11H,1-3H3,(H,27,28,29,30). The number of hydrogen-bond donors (Lipinski definition) is 1. The van der Waals surface area contributed by atoms with Crippen LogP contribution in [0.3, 0.4) is 0 Å². The van der Waals surface area contributed by atoms with E-state index in [-0.39, 0.29) is 11.0 Å². The third-order valence-corrected chi connectivity index (χ3v) is 5.89. The van der Waals surface area contributed by atoms with Gasteiger partial charge in [0.05, 0.1) is 11.1 Å². The molecule has 0 aliphatic carbocycles. The highest BCUT2D eigenvalue weighted by Crippen LogP contribution is 2.37. The first-order valence-corrected chi connectivity index (χ1v) is 10.9. The van der Waals surface area contributed by atoms with E-state index in [9.17, 15) is 4.79 Å². The van der Waals surface area contributed by atoms with Gasteiger partial charge < -0.3 is 4.98 Å². The molecule has 0 bridgehead atoms. The van der Waals surface area contributed by atoms with Crippen molar-refractivity contribution in [2.24, 2.45) is 0 Å². The molecule has 4 aromatic rings. The van der Waals surface area contributed by atoms with Crippen LogP contribution in [0.25, 0.3) is 33.4 Å². The van der Waals surface area contributed by atoms with E-state index in [0.29, 0.717) is 32.6 Å². The first kappa shape index (κ1) is 21.0. The smallest absolute Gasteiger partial charge is 0.260 e. The normalized spacial score (nSPS) is 11.8. The summed E-state index contributed by atoms with van der Waals surface area (Å²) < 4.78 is 0.804. The van der Waals surface area contributed by atoms with E-state index >= 15 is 0 Å². The van der Waals surface area contributed by atoms with Crippen LogP contribution in [0.2, 0.25) is 10.0 Å². The van der Waals surface area contributed by atoms with Crippen LogP contribution >= 0.6 is 39.1 Å². The molecule has 2 aromatic heterocycles. The van der Waals surface area contributed by atoms with Gasteiger partial charge in [0.2, 0.25) is 0 Å². The van der Waals surface area contributed by atoms with Crippen LogP contribution in [0, 0.1) is 0 Å². The fraction of sp³-hybridized carbons (Fsp3) is 0.174. The number of aromatic amines is 1. The van der Waals surface area contributed by atoms with E-state index < -0.39 is 0 Å². The molecule has 2 aromatic carbocycles. The van der Waals surface area contributed by atoms with Gasteiger partial charge in [0.1, 0.15) is 5.82 Å². The molecule has 4 nitrogen and oxygen atoms in total. The van der Waals surface area contributed by atoms with Gasteiger partial charge in [-0.2, -0.15) is 0 Å². The maximum Gasteiger partial charge on any atom is 0.260 e. The molecule has 2 heterocycles. The summed E-state index contributed by atoms with van der Waals surface area (Å²) in [7, 11) is 0. The molecule has 1 N–H and O–H groups in total. The molecule has 0 aliphatic rings. The molecule has 0 saturated carbocycles. The summed E-state index contributed by atoms with van der Waals surface area (Å²) in [6.45, 7) is 5.99. The fourth-order valence-electron chi connectivity index (χ4n) is 3.16. The lowest BCUT2D eigenvalue weighted by Crippen LogP contribution is -2.22. The van der Waals surface area contributed by atoms with E-state index in [1.807, 2.05) is 69.3 Å².